The van der Waals surface area contributed by atoms with Gasteiger partial charge in [0.05, 0.1) is 0 Å². The van der Waals surface area contributed by atoms with Crippen LogP contribution in [0.3, 0.4) is 0 Å². The number of piperazine rings is 1. The fraction of sp³-hybridized carbons (Fsp3) is 0.545. The Morgan fingerprint density at radius 1 is 1.47 bits per heavy atom. The average molecular weight is 254 g/mol. The van der Waals surface area contributed by atoms with Crippen LogP contribution in [0.5, 0.6) is 0 Å². The van der Waals surface area contributed by atoms with Gasteiger partial charge in [0.2, 0.25) is 0 Å². The summed E-state index contributed by atoms with van der Waals surface area (Å²) < 4.78 is 0. The molecule has 1 saturated heterocycles. The summed E-state index contributed by atoms with van der Waals surface area (Å²) in [5.74, 6) is -0.128. The van der Waals surface area contributed by atoms with E-state index in [1.165, 1.54) is 11.3 Å². The minimum absolute atomic E-state index is 0.128. The summed E-state index contributed by atoms with van der Waals surface area (Å²) in [6.45, 7) is 3.63. The molecule has 1 unspecified atom stereocenters. The summed E-state index contributed by atoms with van der Waals surface area (Å²) in [6, 6.07) is 3.23. The number of rotatable bonds is 3. The summed E-state index contributed by atoms with van der Waals surface area (Å²) in [4.78, 5) is 15.0. The van der Waals surface area contributed by atoms with Crippen molar-refractivity contribution in [3.63, 3.8) is 0 Å². The van der Waals surface area contributed by atoms with E-state index in [0.29, 0.717) is 0 Å². The zero-order valence-corrected chi connectivity index (χ0v) is 10.7. The van der Waals surface area contributed by atoms with Gasteiger partial charge in [-0.2, -0.15) is 0 Å². The largest absolute Gasteiger partial charge is 0.315 e. The van der Waals surface area contributed by atoms with Gasteiger partial charge in [-0.15, -0.1) is 11.3 Å². The fourth-order valence-corrected chi connectivity index (χ4v) is 2.47. The Labute approximate surface area is 105 Å². The fourth-order valence-electron chi connectivity index (χ4n) is 1.74. The third kappa shape index (κ3) is 3.26. The Kier molecular flexibility index (Phi) is 4.11. The van der Waals surface area contributed by atoms with Gasteiger partial charge in [0, 0.05) is 31.1 Å². The van der Waals surface area contributed by atoms with E-state index in [2.05, 4.69) is 17.4 Å². The van der Waals surface area contributed by atoms with Crippen molar-refractivity contribution in [3.05, 3.63) is 22.4 Å². The second kappa shape index (κ2) is 5.59. The van der Waals surface area contributed by atoms with Crippen molar-refractivity contribution < 1.29 is 4.79 Å². The molecular formula is C11H18N4OS. The van der Waals surface area contributed by atoms with Gasteiger partial charge in [-0.1, -0.05) is 6.07 Å². The van der Waals surface area contributed by atoms with Crippen LogP contribution in [0.2, 0.25) is 0 Å². The van der Waals surface area contributed by atoms with Gasteiger partial charge >= 0.3 is 0 Å². The van der Waals surface area contributed by atoms with Crippen LogP contribution in [0.4, 0.5) is 0 Å². The average Bonchev–Trinajstić information content (AvgIpc) is 2.84. The van der Waals surface area contributed by atoms with Gasteiger partial charge in [0.1, 0.15) is 6.04 Å². The van der Waals surface area contributed by atoms with E-state index in [1.54, 1.807) is 0 Å². The monoisotopic (exact) mass is 254 g/mol. The first-order valence-corrected chi connectivity index (χ1v) is 6.58. The number of thiophene rings is 1. The first kappa shape index (κ1) is 12.5. The highest BCUT2D eigenvalue weighted by atomic mass is 32.1. The minimum Gasteiger partial charge on any atom is -0.315 e. The Bertz CT molecular complexity index is 360. The molecule has 1 aromatic heterocycles. The Morgan fingerprint density at radius 2 is 2.18 bits per heavy atom. The summed E-state index contributed by atoms with van der Waals surface area (Å²) in [5, 5.41) is 3.87. The van der Waals surface area contributed by atoms with Crippen molar-refractivity contribution in [1.82, 2.24) is 15.3 Å². The van der Waals surface area contributed by atoms with E-state index >= 15 is 0 Å². The maximum absolute atomic E-state index is 11.9. The molecule has 17 heavy (non-hydrogen) atoms. The van der Waals surface area contributed by atoms with Gasteiger partial charge in [-0.3, -0.25) is 10.2 Å². The topological polar surface area (TPSA) is 61.6 Å². The van der Waals surface area contributed by atoms with Crippen LogP contribution < -0.4 is 11.2 Å². The molecule has 0 spiro atoms. The molecular weight excluding hydrogens is 236 g/mol. The van der Waals surface area contributed by atoms with Crippen molar-refractivity contribution in [2.45, 2.75) is 6.04 Å². The Hall–Kier alpha value is -0.950. The molecule has 1 aliphatic heterocycles. The molecule has 6 heteroatoms. The highest BCUT2D eigenvalue weighted by Gasteiger charge is 2.21. The molecule has 2 heterocycles. The van der Waals surface area contributed by atoms with E-state index in [-0.39, 0.29) is 5.91 Å². The zero-order chi connectivity index (χ0) is 12.3. The van der Waals surface area contributed by atoms with Gasteiger partial charge in [0.25, 0.3) is 5.91 Å². The summed E-state index contributed by atoms with van der Waals surface area (Å²) in [6.07, 6.45) is 0. The smallest absolute Gasteiger partial charge is 0.256 e. The number of likely N-dealkylation sites (N-methyl/N-ethyl adjacent to an activating group) is 1. The molecule has 3 N–H and O–H groups in total. The number of hydrogen-bond donors (Lipinski definition) is 2. The SMILES string of the molecule is CN1CCN(NC(=O)C(N)c2cccs2)CC1. The Balaban J connectivity index is 1.85. The molecule has 2 rings (SSSR count). The number of hydrazine groups is 1. The van der Waals surface area contributed by atoms with E-state index in [4.69, 9.17) is 5.73 Å². The van der Waals surface area contributed by atoms with Crippen molar-refractivity contribution in [3.8, 4) is 0 Å². The lowest BCUT2D eigenvalue weighted by molar-refractivity contribution is -0.128. The third-order valence-corrected chi connectivity index (χ3v) is 3.86. The Morgan fingerprint density at radius 3 is 2.76 bits per heavy atom. The minimum atomic E-state index is -0.561. The van der Waals surface area contributed by atoms with Crippen molar-refractivity contribution in [1.29, 1.82) is 0 Å². The van der Waals surface area contributed by atoms with Crippen LogP contribution >= 0.6 is 11.3 Å². The molecule has 0 saturated carbocycles. The lowest BCUT2D eigenvalue weighted by Gasteiger charge is -2.32. The quantitative estimate of drug-likeness (QED) is 0.799. The van der Waals surface area contributed by atoms with Crippen LogP contribution in [0, 0.1) is 0 Å². The van der Waals surface area contributed by atoms with E-state index in [1.807, 2.05) is 22.5 Å². The summed E-state index contributed by atoms with van der Waals surface area (Å²) >= 11 is 1.51. The highest BCUT2D eigenvalue weighted by molar-refractivity contribution is 7.10. The van der Waals surface area contributed by atoms with Crippen molar-refractivity contribution in [2.24, 2.45) is 5.73 Å². The second-order valence-electron chi connectivity index (χ2n) is 4.26. The molecule has 5 nitrogen and oxygen atoms in total. The number of nitrogens with one attached hydrogen (secondary N) is 1. The standard InChI is InChI=1S/C11H18N4OS/c1-14-4-6-15(7-5-14)13-11(16)10(12)9-3-2-8-17-9/h2-3,8,10H,4-7,12H2,1H3,(H,13,16). The molecule has 1 amide bonds. The number of carbonyl (C=O) groups is 1. The molecule has 1 atom stereocenters. The second-order valence-corrected chi connectivity index (χ2v) is 5.24. The van der Waals surface area contributed by atoms with Gasteiger partial charge < -0.3 is 10.6 Å². The molecule has 0 radical (unpaired) electrons. The van der Waals surface area contributed by atoms with Crippen LogP contribution in [0.1, 0.15) is 10.9 Å². The van der Waals surface area contributed by atoms with Gasteiger partial charge in [-0.05, 0) is 18.5 Å². The lowest BCUT2D eigenvalue weighted by atomic mass is 10.2. The number of carbonyl (C=O) groups excluding carboxylic acids is 1. The molecule has 94 valence electrons. The van der Waals surface area contributed by atoms with Gasteiger partial charge in [0.15, 0.2) is 0 Å². The summed E-state index contributed by atoms with van der Waals surface area (Å²) in [7, 11) is 2.08. The highest BCUT2D eigenvalue weighted by Crippen LogP contribution is 2.16. The number of nitrogens with zero attached hydrogens (tertiary/aromatic N) is 2. The first-order chi connectivity index (χ1) is 8.16. The van der Waals surface area contributed by atoms with Crippen molar-refractivity contribution in [2.75, 3.05) is 33.2 Å². The van der Waals surface area contributed by atoms with Crippen molar-refractivity contribution >= 4 is 17.2 Å². The van der Waals surface area contributed by atoms with Crippen LogP contribution in [-0.4, -0.2) is 49.0 Å². The van der Waals surface area contributed by atoms with Crippen LogP contribution in [0.15, 0.2) is 17.5 Å². The molecule has 0 aliphatic carbocycles. The maximum atomic E-state index is 11.9. The van der Waals surface area contributed by atoms with Crippen LogP contribution in [-0.2, 0) is 4.79 Å². The molecule has 1 aliphatic rings. The summed E-state index contributed by atoms with van der Waals surface area (Å²) in [5.41, 5.74) is 8.77. The van der Waals surface area contributed by atoms with E-state index in [0.717, 1.165) is 31.1 Å². The zero-order valence-electron chi connectivity index (χ0n) is 9.93. The normalized spacial score (nSPS) is 20.1. The lowest BCUT2D eigenvalue weighted by Crippen LogP contribution is -2.54. The molecule has 1 aromatic rings. The first-order valence-electron chi connectivity index (χ1n) is 5.70. The number of nitrogens with two attached hydrogens (primary N) is 1. The van der Waals surface area contributed by atoms with Gasteiger partial charge in [-0.25, -0.2) is 5.01 Å². The van der Waals surface area contributed by atoms with Crippen LogP contribution in [0.25, 0.3) is 0 Å². The predicted octanol–water partition coefficient (Wildman–Crippen LogP) is 0.0265. The number of amides is 1. The third-order valence-electron chi connectivity index (χ3n) is 2.90. The molecule has 0 aromatic carbocycles. The maximum Gasteiger partial charge on any atom is 0.256 e. The number of hydrogen-bond acceptors (Lipinski definition) is 5. The van der Waals surface area contributed by atoms with E-state index < -0.39 is 6.04 Å². The van der Waals surface area contributed by atoms with E-state index in [9.17, 15) is 4.79 Å². The molecule has 0 bridgehead atoms. The molecule has 1 fully saturated rings. The predicted molar refractivity (Wildman–Crippen MR) is 68.5 cm³/mol.